The summed E-state index contributed by atoms with van der Waals surface area (Å²) < 4.78 is 18.1. The molecule has 76 valence electrons. The van der Waals surface area contributed by atoms with Crippen LogP contribution in [0.2, 0.25) is 5.02 Å². The second-order valence-electron chi connectivity index (χ2n) is 2.75. The number of ether oxygens (including phenoxy) is 1. The first-order chi connectivity index (χ1) is 6.56. The van der Waals surface area contributed by atoms with Crippen LogP contribution in [0.15, 0.2) is 12.1 Å². The molecule has 0 aliphatic rings. The van der Waals surface area contributed by atoms with Crippen LogP contribution in [0.5, 0.6) is 5.75 Å². The molecule has 0 spiro atoms. The van der Waals surface area contributed by atoms with Gasteiger partial charge in [-0.2, -0.15) is 0 Å². The average Bonchev–Trinajstić information content (AvgIpc) is 2.09. The Hall–Kier alpha value is -1.09. The molecule has 0 atom stereocenters. The molecular formula is C10H10ClFO2. The van der Waals surface area contributed by atoms with Crippen LogP contribution >= 0.6 is 11.6 Å². The molecule has 1 aromatic rings. The summed E-state index contributed by atoms with van der Waals surface area (Å²) >= 11 is 5.74. The minimum absolute atomic E-state index is 0.122. The number of rotatable bonds is 3. The fourth-order valence-corrected chi connectivity index (χ4v) is 1.37. The fourth-order valence-electron chi connectivity index (χ4n) is 1.11. The molecule has 0 unspecified atom stereocenters. The van der Waals surface area contributed by atoms with Crippen LogP contribution in [0.4, 0.5) is 4.39 Å². The van der Waals surface area contributed by atoms with Gasteiger partial charge in [-0.1, -0.05) is 11.6 Å². The molecule has 0 fully saturated rings. The van der Waals surface area contributed by atoms with Crippen molar-refractivity contribution in [2.75, 3.05) is 6.61 Å². The molecule has 0 aliphatic heterocycles. The quantitative estimate of drug-likeness (QED) is 0.726. The first-order valence-corrected chi connectivity index (χ1v) is 4.56. The number of Topliss-reactive ketones (excluding diaryl/α,β-unsaturated/α-hetero) is 1. The van der Waals surface area contributed by atoms with Crippen LogP contribution in [-0.4, -0.2) is 12.4 Å². The molecule has 1 rings (SSSR count). The maximum Gasteiger partial charge on any atom is 0.163 e. The highest BCUT2D eigenvalue weighted by atomic mass is 35.5. The Morgan fingerprint density at radius 2 is 2.21 bits per heavy atom. The molecule has 4 heteroatoms. The second-order valence-corrected chi connectivity index (χ2v) is 3.16. The lowest BCUT2D eigenvalue weighted by Crippen LogP contribution is -2.02. The van der Waals surface area contributed by atoms with Gasteiger partial charge in [-0.05, 0) is 26.0 Å². The van der Waals surface area contributed by atoms with E-state index in [-0.39, 0.29) is 22.1 Å². The van der Waals surface area contributed by atoms with Crippen molar-refractivity contribution in [3.05, 3.63) is 28.5 Å². The highest BCUT2D eigenvalue weighted by Crippen LogP contribution is 2.30. The van der Waals surface area contributed by atoms with Crippen LogP contribution in [0.1, 0.15) is 24.2 Å². The lowest BCUT2D eigenvalue weighted by atomic mass is 10.1. The molecule has 0 N–H and O–H groups in total. The SMILES string of the molecule is CCOc1c(Cl)cc(F)cc1C(C)=O. The van der Waals surface area contributed by atoms with E-state index in [1.807, 2.05) is 0 Å². The lowest BCUT2D eigenvalue weighted by Gasteiger charge is -2.09. The van der Waals surface area contributed by atoms with E-state index in [0.29, 0.717) is 6.61 Å². The molecule has 0 aliphatic carbocycles. The smallest absolute Gasteiger partial charge is 0.163 e. The first-order valence-electron chi connectivity index (χ1n) is 4.19. The Balaban J connectivity index is 3.28. The van der Waals surface area contributed by atoms with Crippen LogP contribution in [0.25, 0.3) is 0 Å². The van der Waals surface area contributed by atoms with Crippen molar-refractivity contribution in [3.63, 3.8) is 0 Å². The van der Waals surface area contributed by atoms with Gasteiger partial charge in [-0.25, -0.2) is 4.39 Å². The predicted octanol–water partition coefficient (Wildman–Crippen LogP) is 3.08. The third-order valence-electron chi connectivity index (χ3n) is 1.68. The number of carbonyl (C=O) groups excluding carboxylic acids is 1. The first kappa shape index (κ1) is 11.0. The molecule has 0 saturated heterocycles. The van der Waals surface area contributed by atoms with E-state index < -0.39 is 5.82 Å². The normalized spacial score (nSPS) is 10.0. The third kappa shape index (κ3) is 2.23. The molecule has 14 heavy (non-hydrogen) atoms. The zero-order valence-corrected chi connectivity index (χ0v) is 8.69. The van der Waals surface area contributed by atoms with Gasteiger partial charge in [0.1, 0.15) is 11.6 Å². The molecule has 0 heterocycles. The number of hydrogen-bond donors (Lipinski definition) is 0. The van der Waals surface area contributed by atoms with E-state index in [1.54, 1.807) is 6.92 Å². The average molecular weight is 217 g/mol. The van der Waals surface area contributed by atoms with Crippen molar-refractivity contribution >= 4 is 17.4 Å². The highest BCUT2D eigenvalue weighted by Gasteiger charge is 2.14. The summed E-state index contributed by atoms with van der Waals surface area (Å²) in [6.45, 7) is 3.49. The number of carbonyl (C=O) groups is 1. The number of ketones is 1. The van der Waals surface area contributed by atoms with Gasteiger partial charge in [-0.3, -0.25) is 4.79 Å². The Labute approximate surface area is 86.6 Å². The Morgan fingerprint density at radius 3 is 2.71 bits per heavy atom. The van der Waals surface area contributed by atoms with E-state index in [1.165, 1.54) is 6.92 Å². The van der Waals surface area contributed by atoms with Crippen LogP contribution in [-0.2, 0) is 0 Å². The topological polar surface area (TPSA) is 26.3 Å². The van der Waals surface area contributed by atoms with Crippen molar-refractivity contribution in [3.8, 4) is 5.75 Å². The molecule has 0 radical (unpaired) electrons. The maximum atomic E-state index is 12.9. The summed E-state index contributed by atoms with van der Waals surface area (Å²) in [7, 11) is 0. The van der Waals surface area contributed by atoms with Gasteiger partial charge in [-0.15, -0.1) is 0 Å². The number of hydrogen-bond acceptors (Lipinski definition) is 2. The molecule has 0 aromatic heterocycles. The van der Waals surface area contributed by atoms with E-state index in [2.05, 4.69) is 0 Å². The Bertz CT molecular complexity index is 363. The molecule has 1 aromatic carbocycles. The van der Waals surface area contributed by atoms with Gasteiger partial charge in [0.2, 0.25) is 0 Å². The molecule has 0 saturated carbocycles. The van der Waals surface area contributed by atoms with Gasteiger partial charge in [0, 0.05) is 0 Å². The highest BCUT2D eigenvalue weighted by molar-refractivity contribution is 6.32. The summed E-state index contributed by atoms with van der Waals surface area (Å²) in [6.07, 6.45) is 0. The van der Waals surface area contributed by atoms with Crippen LogP contribution in [0.3, 0.4) is 0 Å². The van der Waals surface area contributed by atoms with Gasteiger partial charge in [0.15, 0.2) is 5.78 Å². The fraction of sp³-hybridized carbons (Fsp3) is 0.300. The lowest BCUT2D eigenvalue weighted by molar-refractivity contribution is 0.101. The summed E-state index contributed by atoms with van der Waals surface area (Å²) in [6, 6.07) is 2.25. The minimum Gasteiger partial charge on any atom is -0.492 e. The summed E-state index contributed by atoms with van der Waals surface area (Å²) in [4.78, 5) is 11.1. The standard InChI is InChI=1S/C10H10ClFO2/c1-3-14-10-8(6(2)13)4-7(12)5-9(10)11/h4-5H,3H2,1-2H3. The monoisotopic (exact) mass is 216 g/mol. The minimum atomic E-state index is -0.538. The molecule has 0 amide bonds. The molecular weight excluding hydrogens is 207 g/mol. The van der Waals surface area contributed by atoms with Gasteiger partial charge in [0.05, 0.1) is 17.2 Å². The van der Waals surface area contributed by atoms with Gasteiger partial charge < -0.3 is 4.74 Å². The number of halogens is 2. The van der Waals surface area contributed by atoms with Crippen molar-refractivity contribution < 1.29 is 13.9 Å². The summed E-state index contributed by atoms with van der Waals surface area (Å²) in [5.41, 5.74) is 0.178. The zero-order valence-electron chi connectivity index (χ0n) is 7.93. The van der Waals surface area contributed by atoms with E-state index in [0.717, 1.165) is 12.1 Å². The number of benzene rings is 1. The second kappa shape index (κ2) is 4.42. The molecule has 0 bridgehead atoms. The van der Waals surface area contributed by atoms with Crippen LogP contribution < -0.4 is 4.74 Å². The summed E-state index contributed by atoms with van der Waals surface area (Å²) in [5.74, 6) is -0.554. The third-order valence-corrected chi connectivity index (χ3v) is 1.96. The van der Waals surface area contributed by atoms with E-state index in [9.17, 15) is 9.18 Å². The van der Waals surface area contributed by atoms with E-state index in [4.69, 9.17) is 16.3 Å². The van der Waals surface area contributed by atoms with E-state index >= 15 is 0 Å². The van der Waals surface area contributed by atoms with Gasteiger partial charge >= 0.3 is 0 Å². The van der Waals surface area contributed by atoms with Crippen molar-refractivity contribution in [1.82, 2.24) is 0 Å². The van der Waals surface area contributed by atoms with Crippen molar-refractivity contribution in [2.24, 2.45) is 0 Å². The molecule has 2 nitrogen and oxygen atoms in total. The Morgan fingerprint density at radius 1 is 1.57 bits per heavy atom. The van der Waals surface area contributed by atoms with Gasteiger partial charge in [0.25, 0.3) is 0 Å². The predicted molar refractivity (Wildman–Crippen MR) is 52.6 cm³/mol. The van der Waals surface area contributed by atoms with Crippen molar-refractivity contribution in [2.45, 2.75) is 13.8 Å². The maximum absolute atomic E-state index is 12.9. The largest absolute Gasteiger partial charge is 0.492 e. The van der Waals surface area contributed by atoms with Crippen molar-refractivity contribution in [1.29, 1.82) is 0 Å². The summed E-state index contributed by atoms with van der Waals surface area (Å²) in [5, 5.41) is 0.122. The van der Waals surface area contributed by atoms with Crippen LogP contribution in [0, 0.1) is 5.82 Å². The Kier molecular flexibility index (Phi) is 3.47. The zero-order chi connectivity index (χ0) is 10.7.